The molecular weight excluding hydrogens is 324 g/mol. The maximum absolute atomic E-state index is 2.73. The van der Waals surface area contributed by atoms with Crippen LogP contribution in [0.2, 0.25) is 0 Å². The average molecular weight is 371 g/mol. The monoisotopic (exact) mass is 370 g/mol. The van der Waals surface area contributed by atoms with Gasteiger partial charge in [0, 0.05) is 0 Å². The molecule has 0 bridgehead atoms. The average Bonchev–Trinajstić information content (AvgIpc) is 3.00. The lowest BCUT2D eigenvalue weighted by Gasteiger charge is -2.60. The molecule has 0 aromatic rings. The Labute approximate surface area is 170 Å². The third-order valence-corrected chi connectivity index (χ3v) is 10.3. The van der Waals surface area contributed by atoms with Gasteiger partial charge in [-0.15, -0.1) is 0 Å². The summed E-state index contributed by atoms with van der Waals surface area (Å²) in [5.74, 6) is 5.20. The molecule has 3 fully saturated rings. The highest BCUT2D eigenvalue weighted by Crippen LogP contribution is 2.67. The predicted molar refractivity (Wildman–Crippen MR) is 118 cm³/mol. The zero-order chi connectivity index (χ0) is 18.9. The second kappa shape index (κ2) is 8.23. The first-order chi connectivity index (χ1) is 13.1. The van der Waals surface area contributed by atoms with Crippen LogP contribution < -0.4 is 0 Å². The Morgan fingerprint density at radius 3 is 2.41 bits per heavy atom. The second-order valence-corrected chi connectivity index (χ2v) is 11.4. The summed E-state index contributed by atoms with van der Waals surface area (Å²) in [7, 11) is 0. The predicted octanol–water partition coefficient (Wildman–Crippen LogP) is 8.56. The van der Waals surface area contributed by atoms with Gasteiger partial charge in [0.2, 0.25) is 0 Å². The van der Waals surface area contributed by atoms with Crippen molar-refractivity contribution >= 4 is 0 Å². The van der Waals surface area contributed by atoms with E-state index in [0.717, 1.165) is 29.6 Å². The molecule has 0 N–H and O–H groups in total. The molecule has 0 aromatic carbocycles. The summed E-state index contributed by atoms with van der Waals surface area (Å²) in [6, 6.07) is 0. The van der Waals surface area contributed by atoms with Crippen molar-refractivity contribution < 1.29 is 0 Å². The molecule has 0 heteroatoms. The minimum atomic E-state index is 0.635. The smallest absolute Gasteiger partial charge is 0.0229 e. The third kappa shape index (κ3) is 3.57. The van der Waals surface area contributed by atoms with Crippen molar-refractivity contribution in [3.05, 3.63) is 12.2 Å². The Kier molecular flexibility index (Phi) is 6.11. The van der Waals surface area contributed by atoms with Crippen LogP contribution in [0.15, 0.2) is 12.2 Å². The van der Waals surface area contributed by atoms with Crippen LogP contribution >= 0.6 is 0 Å². The number of unbranched alkanes of at least 4 members (excludes halogenated alkanes) is 5. The van der Waals surface area contributed by atoms with Gasteiger partial charge in [-0.05, 0) is 98.2 Å². The van der Waals surface area contributed by atoms with Crippen LogP contribution in [0.5, 0.6) is 0 Å². The molecule has 0 saturated heterocycles. The lowest BCUT2D eigenvalue weighted by atomic mass is 9.45. The van der Waals surface area contributed by atoms with E-state index in [2.05, 4.69) is 32.9 Å². The van der Waals surface area contributed by atoms with Crippen LogP contribution in [0.1, 0.15) is 117 Å². The van der Waals surface area contributed by atoms with E-state index in [1.807, 2.05) is 0 Å². The number of fused-ring (bicyclic) bond motifs is 5. The molecule has 7 atom stereocenters. The van der Waals surface area contributed by atoms with E-state index in [9.17, 15) is 0 Å². The van der Waals surface area contributed by atoms with Crippen LogP contribution in [0.4, 0.5) is 0 Å². The van der Waals surface area contributed by atoms with Crippen LogP contribution in [0.3, 0.4) is 0 Å². The van der Waals surface area contributed by atoms with Crippen molar-refractivity contribution in [2.24, 2.45) is 40.4 Å². The first-order valence-corrected chi connectivity index (χ1v) is 12.7. The van der Waals surface area contributed by atoms with Gasteiger partial charge in [0.25, 0.3) is 0 Å². The highest BCUT2D eigenvalue weighted by Gasteiger charge is 2.58. The van der Waals surface area contributed by atoms with Crippen LogP contribution in [-0.2, 0) is 0 Å². The van der Waals surface area contributed by atoms with E-state index in [1.54, 1.807) is 38.5 Å². The summed E-state index contributed by atoms with van der Waals surface area (Å²) in [5, 5.41) is 0. The quantitative estimate of drug-likeness (QED) is 0.311. The molecule has 4 aliphatic carbocycles. The van der Waals surface area contributed by atoms with Crippen molar-refractivity contribution in [3.63, 3.8) is 0 Å². The van der Waals surface area contributed by atoms with Gasteiger partial charge in [-0.25, -0.2) is 0 Å². The fourth-order valence-corrected chi connectivity index (χ4v) is 8.59. The first kappa shape index (κ1) is 20.0. The molecule has 4 unspecified atom stereocenters. The number of rotatable bonds is 7. The summed E-state index contributed by atoms with van der Waals surface area (Å²) in [5.41, 5.74) is 1.33. The summed E-state index contributed by atoms with van der Waals surface area (Å²) in [4.78, 5) is 0. The van der Waals surface area contributed by atoms with E-state index in [-0.39, 0.29) is 0 Å². The SMILES string of the molecule is CCCCCCCCC1CCC2C3CC[C@H]4CC=CC[C@]4(C)C3CC[C@]12C. The summed E-state index contributed by atoms with van der Waals surface area (Å²) < 4.78 is 0. The van der Waals surface area contributed by atoms with Crippen molar-refractivity contribution in [1.29, 1.82) is 0 Å². The van der Waals surface area contributed by atoms with Gasteiger partial charge in [-0.3, -0.25) is 0 Å². The minimum Gasteiger partial charge on any atom is -0.0882 e. The molecule has 0 spiro atoms. The van der Waals surface area contributed by atoms with Crippen LogP contribution in [0.25, 0.3) is 0 Å². The summed E-state index contributed by atoms with van der Waals surface area (Å²) in [6.07, 6.45) is 27.4. The third-order valence-electron chi connectivity index (χ3n) is 10.3. The zero-order valence-corrected chi connectivity index (χ0v) is 18.6. The molecule has 0 aliphatic heterocycles. The van der Waals surface area contributed by atoms with Gasteiger partial charge >= 0.3 is 0 Å². The van der Waals surface area contributed by atoms with Crippen molar-refractivity contribution in [3.8, 4) is 0 Å². The molecule has 0 radical (unpaired) electrons. The lowest BCUT2D eigenvalue weighted by molar-refractivity contribution is -0.0968. The van der Waals surface area contributed by atoms with E-state index < -0.39 is 0 Å². The molecule has 3 saturated carbocycles. The second-order valence-electron chi connectivity index (χ2n) is 11.4. The topological polar surface area (TPSA) is 0 Å². The van der Waals surface area contributed by atoms with Crippen LogP contribution in [-0.4, -0.2) is 0 Å². The largest absolute Gasteiger partial charge is 0.0882 e. The Morgan fingerprint density at radius 2 is 1.56 bits per heavy atom. The summed E-state index contributed by atoms with van der Waals surface area (Å²) in [6.45, 7) is 7.74. The number of hydrogen-bond acceptors (Lipinski definition) is 0. The minimum absolute atomic E-state index is 0.635. The van der Waals surface area contributed by atoms with E-state index in [0.29, 0.717) is 10.8 Å². The molecule has 0 aromatic heterocycles. The van der Waals surface area contributed by atoms with E-state index >= 15 is 0 Å². The lowest BCUT2D eigenvalue weighted by Crippen LogP contribution is -2.52. The van der Waals surface area contributed by atoms with Gasteiger partial charge in [-0.1, -0.05) is 71.4 Å². The van der Waals surface area contributed by atoms with Gasteiger partial charge in [0.1, 0.15) is 0 Å². The van der Waals surface area contributed by atoms with Gasteiger partial charge < -0.3 is 0 Å². The maximum Gasteiger partial charge on any atom is -0.0229 e. The van der Waals surface area contributed by atoms with Crippen LogP contribution in [0, 0.1) is 40.4 Å². The Balaban J connectivity index is 1.37. The van der Waals surface area contributed by atoms with Gasteiger partial charge in [-0.2, -0.15) is 0 Å². The normalized spacial score (nSPS) is 46.0. The highest BCUT2D eigenvalue weighted by atomic mass is 14.6. The molecule has 0 amide bonds. The molecule has 0 nitrogen and oxygen atoms in total. The molecular formula is C27H46. The Morgan fingerprint density at radius 1 is 0.778 bits per heavy atom. The molecule has 4 aliphatic rings. The number of hydrogen-bond donors (Lipinski definition) is 0. The molecule has 27 heavy (non-hydrogen) atoms. The zero-order valence-electron chi connectivity index (χ0n) is 18.6. The maximum atomic E-state index is 2.73. The van der Waals surface area contributed by atoms with E-state index in [4.69, 9.17) is 0 Å². The van der Waals surface area contributed by atoms with E-state index in [1.165, 1.54) is 57.8 Å². The molecule has 4 rings (SSSR count). The fourth-order valence-electron chi connectivity index (χ4n) is 8.59. The molecule has 154 valence electrons. The molecule has 0 heterocycles. The number of allylic oxidation sites excluding steroid dienone is 2. The highest BCUT2D eigenvalue weighted by molar-refractivity contribution is 5.12. The van der Waals surface area contributed by atoms with Gasteiger partial charge in [0.05, 0.1) is 0 Å². The first-order valence-electron chi connectivity index (χ1n) is 12.7. The van der Waals surface area contributed by atoms with Gasteiger partial charge in [0.15, 0.2) is 0 Å². The fraction of sp³-hybridized carbons (Fsp3) is 0.926. The standard InChI is InChI=1S/C27H46/c1-4-5-6-7-8-9-12-22-15-17-24-23-16-14-21-13-10-11-19-26(21,2)25(23)18-20-27(22,24)3/h10-11,21-25H,4-9,12-20H2,1-3H3/t21-,22?,23?,24?,25?,26+,27-/m1/s1. The van der Waals surface area contributed by atoms with Crippen molar-refractivity contribution in [1.82, 2.24) is 0 Å². The Hall–Kier alpha value is -0.260. The summed E-state index contributed by atoms with van der Waals surface area (Å²) >= 11 is 0. The van der Waals surface area contributed by atoms with Crippen molar-refractivity contribution in [2.45, 2.75) is 117 Å². The van der Waals surface area contributed by atoms with Crippen molar-refractivity contribution in [2.75, 3.05) is 0 Å². The Bertz CT molecular complexity index is 518.